The predicted octanol–water partition coefficient (Wildman–Crippen LogP) is 1.63. The minimum absolute atomic E-state index is 0.0156. The molecule has 0 aromatic heterocycles. The number of nitro groups is 1. The second kappa shape index (κ2) is 6.78. The third kappa shape index (κ3) is 3.38. The number of nitrogens with zero attached hydrogens (tertiary/aromatic N) is 2. The third-order valence-corrected chi connectivity index (χ3v) is 4.62. The van der Waals surface area contributed by atoms with Crippen LogP contribution in [0.4, 0.5) is 5.69 Å². The molecule has 0 radical (unpaired) electrons. The summed E-state index contributed by atoms with van der Waals surface area (Å²) in [5, 5.41) is 10.4. The highest BCUT2D eigenvalue weighted by Gasteiger charge is 2.30. The minimum Gasteiger partial charge on any atom is -0.468 e. The van der Waals surface area contributed by atoms with Gasteiger partial charge in [-0.2, -0.15) is 0 Å². The Labute approximate surface area is 131 Å². The first-order valence-electron chi connectivity index (χ1n) is 6.67. The Morgan fingerprint density at radius 1 is 1.45 bits per heavy atom. The maximum Gasteiger partial charge on any atom is 0.320 e. The van der Waals surface area contributed by atoms with Crippen molar-refractivity contribution in [1.82, 2.24) is 4.90 Å². The zero-order valence-corrected chi connectivity index (χ0v) is 13.1. The molecule has 1 aliphatic heterocycles. The lowest BCUT2D eigenvalue weighted by Gasteiger charge is -2.31. The number of rotatable bonds is 3. The Kier molecular flexibility index (Phi) is 5.02. The Bertz CT molecular complexity index is 619. The topological polar surface area (TPSA) is 89.8 Å². The summed E-state index contributed by atoms with van der Waals surface area (Å²) in [6.45, 7) is 2.41. The van der Waals surface area contributed by atoms with E-state index < -0.39 is 4.92 Å². The SMILES string of the molecule is COC(=O)[C@H]1CN(C(=O)c2ccc([N+](=O)[O-])c(C)c2)CCS1. The van der Waals surface area contributed by atoms with Crippen molar-refractivity contribution in [1.29, 1.82) is 0 Å². The van der Waals surface area contributed by atoms with Crippen LogP contribution in [-0.2, 0) is 9.53 Å². The van der Waals surface area contributed by atoms with Gasteiger partial charge in [0.15, 0.2) is 0 Å². The van der Waals surface area contributed by atoms with Crippen LogP contribution in [0.3, 0.4) is 0 Å². The fourth-order valence-corrected chi connectivity index (χ4v) is 3.41. The molecular weight excluding hydrogens is 308 g/mol. The van der Waals surface area contributed by atoms with Gasteiger partial charge in [-0.1, -0.05) is 0 Å². The summed E-state index contributed by atoms with van der Waals surface area (Å²) >= 11 is 1.46. The molecule has 1 fully saturated rings. The standard InChI is InChI=1S/C14H16N2O5S/c1-9-7-10(3-4-11(9)16(19)20)13(17)15-5-6-22-12(8-15)14(18)21-2/h3-4,7,12H,5-6,8H2,1-2H3/t12-/m1/s1. The van der Waals surface area contributed by atoms with E-state index in [1.54, 1.807) is 11.8 Å². The molecule has 1 amide bonds. The van der Waals surface area contributed by atoms with Crippen LogP contribution in [0, 0.1) is 17.0 Å². The van der Waals surface area contributed by atoms with Crippen molar-refractivity contribution in [3.8, 4) is 0 Å². The minimum atomic E-state index is -0.478. The molecule has 0 bridgehead atoms. The molecule has 1 saturated heterocycles. The molecule has 118 valence electrons. The molecule has 8 heteroatoms. The second-order valence-electron chi connectivity index (χ2n) is 4.89. The number of carbonyl (C=O) groups excluding carboxylic acids is 2. The molecule has 22 heavy (non-hydrogen) atoms. The largest absolute Gasteiger partial charge is 0.468 e. The Morgan fingerprint density at radius 3 is 2.77 bits per heavy atom. The smallest absolute Gasteiger partial charge is 0.320 e. The van der Waals surface area contributed by atoms with Gasteiger partial charge < -0.3 is 9.64 Å². The summed E-state index contributed by atoms with van der Waals surface area (Å²) in [6.07, 6.45) is 0. The second-order valence-corrected chi connectivity index (χ2v) is 6.20. The fourth-order valence-electron chi connectivity index (χ4n) is 2.28. The zero-order valence-electron chi connectivity index (χ0n) is 12.3. The number of thioether (sulfide) groups is 1. The average Bonchev–Trinajstić information content (AvgIpc) is 2.53. The van der Waals surface area contributed by atoms with E-state index in [0.29, 0.717) is 23.4 Å². The molecule has 1 aliphatic rings. The van der Waals surface area contributed by atoms with Crippen molar-refractivity contribution >= 4 is 29.3 Å². The van der Waals surface area contributed by atoms with E-state index in [-0.39, 0.29) is 29.4 Å². The van der Waals surface area contributed by atoms with Crippen molar-refractivity contribution in [2.45, 2.75) is 12.2 Å². The van der Waals surface area contributed by atoms with Crippen LogP contribution in [0.25, 0.3) is 0 Å². The van der Waals surface area contributed by atoms with Gasteiger partial charge >= 0.3 is 5.97 Å². The van der Waals surface area contributed by atoms with E-state index in [1.807, 2.05) is 0 Å². The number of esters is 1. The molecule has 1 heterocycles. The van der Waals surface area contributed by atoms with E-state index in [1.165, 1.54) is 37.1 Å². The first-order valence-corrected chi connectivity index (χ1v) is 7.72. The third-order valence-electron chi connectivity index (χ3n) is 3.46. The van der Waals surface area contributed by atoms with Gasteiger partial charge in [0.05, 0.1) is 12.0 Å². The molecule has 0 saturated carbocycles. The number of hydrogen-bond acceptors (Lipinski definition) is 6. The van der Waals surface area contributed by atoms with E-state index in [4.69, 9.17) is 4.74 Å². The quantitative estimate of drug-likeness (QED) is 0.477. The number of methoxy groups -OCH3 is 1. The number of carbonyl (C=O) groups is 2. The Balaban J connectivity index is 2.15. The van der Waals surface area contributed by atoms with E-state index in [2.05, 4.69) is 0 Å². The van der Waals surface area contributed by atoms with Crippen LogP contribution in [0.5, 0.6) is 0 Å². The van der Waals surface area contributed by atoms with Crippen molar-refractivity contribution in [3.63, 3.8) is 0 Å². The van der Waals surface area contributed by atoms with Gasteiger partial charge in [-0.15, -0.1) is 11.8 Å². The summed E-state index contributed by atoms with van der Waals surface area (Å²) in [6, 6.07) is 4.29. The van der Waals surface area contributed by atoms with Crippen LogP contribution >= 0.6 is 11.8 Å². The Morgan fingerprint density at radius 2 is 2.18 bits per heavy atom. The molecule has 0 spiro atoms. The van der Waals surface area contributed by atoms with Gasteiger partial charge in [0.2, 0.25) is 0 Å². The van der Waals surface area contributed by atoms with Gasteiger partial charge in [0.25, 0.3) is 11.6 Å². The predicted molar refractivity (Wildman–Crippen MR) is 82.0 cm³/mol. The summed E-state index contributed by atoms with van der Waals surface area (Å²) in [5.41, 5.74) is 0.809. The lowest BCUT2D eigenvalue weighted by atomic mass is 10.1. The van der Waals surface area contributed by atoms with Crippen LogP contribution in [0.15, 0.2) is 18.2 Å². The molecule has 1 aromatic rings. The summed E-state index contributed by atoms with van der Waals surface area (Å²) in [4.78, 5) is 36.0. The molecular formula is C14H16N2O5S. The van der Waals surface area contributed by atoms with E-state index >= 15 is 0 Å². The first-order chi connectivity index (χ1) is 10.4. The maximum atomic E-state index is 12.5. The molecule has 1 aromatic carbocycles. The highest BCUT2D eigenvalue weighted by Crippen LogP contribution is 2.23. The lowest BCUT2D eigenvalue weighted by molar-refractivity contribution is -0.385. The van der Waals surface area contributed by atoms with Crippen molar-refractivity contribution in [2.24, 2.45) is 0 Å². The van der Waals surface area contributed by atoms with Crippen LogP contribution in [-0.4, -0.2) is 52.9 Å². The highest BCUT2D eigenvalue weighted by atomic mass is 32.2. The van der Waals surface area contributed by atoms with Crippen LogP contribution in [0.1, 0.15) is 15.9 Å². The van der Waals surface area contributed by atoms with Crippen molar-refractivity contribution < 1.29 is 19.2 Å². The first kappa shape index (κ1) is 16.3. The molecule has 7 nitrogen and oxygen atoms in total. The number of amides is 1. The normalized spacial score (nSPS) is 17.9. The monoisotopic (exact) mass is 324 g/mol. The number of aryl methyl sites for hydroxylation is 1. The average molecular weight is 324 g/mol. The number of benzene rings is 1. The van der Waals surface area contributed by atoms with E-state index in [9.17, 15) is 19.7 Å². The van der Waals surface area contributed by atoms with Gasteiger partial charge in [-0.3, -0.25) is 19.7 Å². The number of hydrogen-bond donors (Lipinski definition) is 0. The molecule has 0 unspecified atom stereocenters. The summed E-state index contributed by atoms with van der Waals surface area (Å²) < 4.78 is 4.71. The number of ether oxygens (including phenoxy) is 1. The molecule has 0 aliphatic carbocycles. The van der Waals surface area contributed by atoms with Gasteiger partial charge in [0.1, 0.15) is 5.25 Å². The molecule has 1 atom stereocenters. The fraction of sp³-hybridized carbons (Fsp3) is 0.429. The Hall–Kier alpha value is -2.09. The summed E-state index contributed by atoms with van der Waals surface area (Å²) in [5.74, 6) is 0.0758. The van der Waals surface area contributed by atoms with E-state index in [0.717, 1.165) is 0 Å². The highest BCUT2D eigenvalue weighted by molar-refractivity contribution is 8.00. The van der Waals surface area contributed by atoms with Crippen molar-refractivity contribution in [3.05, 3.63) is 39.4 Å². The van der Waals surface area contributed by atoms with Gasteiger partial charge in [0, 0.05) is 36.0 Å². The summed E-state index contributed by atoms with van der Waals surface area (Å²) in [7, 11) is 1.32. The van der Waals surface area contributed by atoms with Gasteiger partial charge in [-0.25, -0.2) is 0 Å². The zero-order chi connectivity index (χ0) is 16.3. The number of nitro benzene ring substituents is 1. The molecule has 2 rings (SSSR count). The maximum absolute atomic E-state index is 12.5. The van der Waals surface area contributed by atoms with Gasteiger partial charge in [-0.05, 0) is 19.1 Å². The molecule has 0 N–H and O–H groups in total. The van der Waals surface area contributed by atoms with Crippen molar-refractivity contribution in [2.75, 3.05) is 26.0 Å². The lowest BCUT2D eigenvalue weighted by Crippen LogP contribution is -2.45. The van der Waals surface area contributed by atoms with Crippen LogP contribution < -0.4 is 0 Å². The van der Waals surface area contributed by atoms with Crippen LogP contribution in [0.2, 0.25) is 0 Å².